The minimum atomic E-state index is 0.293. The summed E-state index contributed by atoms with van der Waals surface area (Å²) < 4.78 is 6.35. The molecule has 1 aliphatic carbocycles. The summed E-state index contributed by atoms with van der Waals surface area (Å²) in [5, 5.41) is 3.60. The van der Waals surface area contributed by atoms with Crippen molar-refractivity contribution >= 4 is 5.69 Å². The van der Waals surface area contributed by atoms with Crippen LogP contribution in [-0.2, 0) is 0 Å². The van der Waals surface area contributed by atoms with Gasteiger partial charge in [-0.05, 0) is 43.9 Å². The Morgan fingerprint density at radius 1 is 1.24 bits per heavy atom. The average Bonchev–Trinajstić information content (AvgIpc) is 2.49. The number of nitrogens with one attached hydrogen (secondary N) is 1. The van der Waals surface area contributed by atoms with E-state index in [1.165, 1.54) is 31.4 Å². The molecule has 1 fully saturated rings. The Morgan fingerprint density at radius 2 is 2.05 bits per heavy atom. The Kier molecular flexibility index (Phi) is 5.92. The number of anilines is 1. The zero-order valence-electron chi connectivity index (χ0n) is 13.9. The van der Waals surface area contributed by atoms with E-state index in [-0.39, 0.29) is 0 Å². The van der Waals surface area contributed by atoms with Gasteiger partial charge in [0.2, 0.25) is 0 Å². The van der Waals surface area contributed by atoms with Crippen molar-refractivity contribution in [1.82, 2.24) is 5.32 Å². The SMILES string of the molecule is CCNC1CCC(CC)CC1Oc1cccc(N(C)C)c1. The highest BCUT2D eigenvalue weighted by Gasteiger charge is 2.30. The smallest absolute Gasteiger partial charge is 0.121 e. The highest BCUT2D eigenvalue weighted by Crippen LogP contribution is 2.31. The van der Waals surface area contributed by atoms with E-state index in [9.17, 15) is 0 Å². The van der Waals surface area contributed by atoms with Gasteiger partial charge >= 0.3 is 0 Å². The highest BCUT2D eigenvalue weighted by molar-refractivity contribution is 5.49. The quantitative estimate of drug-likeness (QED) is 0.865. The van der Waals surface area contributed by atoms with Crippen LogP contribution in [0.5, 0.6) is 5.75 Å². The number of benzene rings is 1. The van der Waals surface area contributed by atoms with Crippen molar-refractivity contribution in [1.29, 1.82) is 0 Å². The average molecular weight is 290 g/mol. The predicted octanol–water partition coefficient (Wildman–Crippen LogP) is 3.69. The standard InChI is InChI=1S/C18H30N2O/c1-5-14-10-11-17(19-6-2)18(12-14)21-16-9-7-8-15(13-16)20(3)4/h7-9,13-14,17-19H,5-6,10-12H2,1-4H3. The lowest BCUT2D eigenvalue weighted by molar-refractivity contribution is 0.0857. The van der Waals surface area contributed by atoms with Gasteiger partial charge in [-0.3, -0.25) is 0 Å². The summed E-state index contributed by atoms with van der Waals surface area (Å²) in [7, 11) is 4.13. The van der Waals surface area contributed by atoms with Gasteiger partial charge < -0.3 is 15.0 Å². The van der Waals surface area contributed by atoms with Gasteiger partial charge in [0, 0.05) is 31.9 Å². The van der Waals surface area contributed by atoms with Gasteiger partial charge in [0.05, 0.1) is 0 Å². The fraction of sp³-hybridized carbons (Fsp3) is 0.667. The van der Waals surface area contributed by atoms with E-state index < -0.39 is 0 Å². The second kappa shape index (κ2) is 7.69. The van der Waals surface area contributed by atoms with Crippen LogP contribution in [0.3, 0.4) is 0 Å². The van der Waals surface area contributed by atoms with Crippen LogP contribution in [0.4, 0.5) is 5.69 Å². The largest absolute Gasteiger partial charge is 0.489 e. The lowest BCUT2D eigenvalue weighted by atomic mass is 9.82. The van der Waals surface area contributed by atoms with E-state index in [2.05, 4.69) is 62.4 Å². The Labute approximate surface area is 129 Å². The van der Waals surface area contributed by atoms with E-state index in [1.54, 1.807) is 0 Å². The Hall–Kier alpha value is -1.22. The number of ether oxygens (including phenoxy) is 1. The summed E-state index contributed by atoms with van der Waals surface area (Å²) in [5.74, 6) is 1.80. The summed E-state index contributed by atoms with van der Waals surface area (Å²) in [6.07, 6.45) is 5.27. The predicted molar refractivity (Wildman–Crippen MR) is 90.3 cm³/mol. The first kappa shape index (κ1) is 16.2. The van der Waals surface area contributed by atoms with Crippen LogP contribution in [0.25, 0.3) is 0 Å². The van der Waals surface area contributed by atoms with Crippen molar-refractivity contribution < 1.29 is 4.74 Å². The summed E-state index contributed by atoms with van der Waals surface area (Å²) >= 11 is 0. The molecule has 0 amide bonds. The lowest BCUT2D eigenvalue weighted by Gasteiger charge is -2.36. The molecular formula is C18H30N2O. The number of rotatable bonds is 6. The molecule has 1 aromatic rings. The summed E-state index contributed by atoms with van der Waals surface area (Å²) in [5.41, 5.74) is 1.19. The number of nitrogens with zero attached hydrogens (tertiary/aromatic N) is 1. The second-order valence-electron chi connectivity index (χ2n) is 6.30. The molecule has 1 N–H and O–H groups in total. The zero-order valence-corrected chi connectivity index (χ0v) is 13.9. The summed E-state index contributed by atoms with van der Waals surface area (Å²) in [6.45, 7) is 5.48. The lowest BCUT2D eigenvalue weighted by Crippen LogP contribution is -2.47. The fourth-order valence-corrected chi connectivity index (χ4v) is 3.22. The molecule has 3 unspecified atom stereocenters. The molecule has 118 valence electrons. The molecule has 0 saturated heterocycles. The zero-order chi connectivity index (χ0) is 15.2. The van der Waals surface area contributed by atoms with Crippen LogP contribution < -0.4 is 15.0 Å². The molecule has 0 radical (unpaired) electrons. The van der Waals surface area contributed by atoms with Crippen LogP contribution in [0.2, 0.25) is 0 Å². The van der Waals surface area contributed by atoms with Gasteiger partial charge in [0.1, 0.15) is 11.9 Å². The topological polar surface area (TPSA) is 24.5 Å². The number of likely N-dealkylation sites (N-methyl/N-ethyl adjacent to an activating group) is 1. The van der Waals surface area contributed by atoms with Gasteiger partial charge in [-0.1, -0.05) is 26.3 Å². The van der Waals surface area contributed by atoms with Gasteiger partial charge in [0.25, 0.3) is 0 Å². The molecule has 2 rings (SSSR count). The van der Waals surface area contributed by atoms with Crippen molar-refractivity contribution in [2.24, 2.45) is 5.92 Å². The van der Waals surface area contributed by atoms with Crippen molar-refractivity contribution in [2.75, 3.05) is 25.5 Å². The van der Waals surface area contributed by atoms with Crippen molar-refractivity contribution in [3.8, 4) is 5.75 Å². The monoisotopic (exact) mass is 290 g/mol. The minimum Gasteiger partial charge on any atom is -0.489 e. The molecule has 0 heterocycles. The van der Waals surface area contributed by atoms with Gasteiger partial charge in [-0.25, -0.2) is 0 Å². The normalized spacial score (nSPS) is 25.6. The number of hydrogen-bond donors (Lipinski definition) is 1. The van der Waals surface area contributed by atoms with E-state index in [0.717, 1.165) is 18.2 Å². The van der Waals surface area contributed by atoms with E-state index in [4.69, 9.17) is 4.74 Å². The minimum absolute atomic E-state index is 0.293. The molecule has 0 aliphatic heterocycles. The van der Waals surface area contributed by atoms with E-state index >= 15 is 0 Å². The maximum absolute atomic E-state index is 6.35. The molecule has 1 aliphatic rings. The molecule has 3 heteroatoms. The molecule has 1 aromatic carbocycles. The van der Waals surface area contributed by atoms with Crippen molar-refractivity contribution in [3.63, 3.8) is 0 Å². The Morgan fingerprint density at radius 3 is 2.71 bits per heavy atom. The first-order chi connectivity index (χ1) is 10.1. The molecule has 3 atom stereocenters. The van der Waals surface area contributed by atoms with Crippen LogP contribution in [0, 0.1) is 5.92 Å². The van der Waals surface area contributed by atoms with Crippen molar-refractivity contribution in [2.45, 2.75) is 51.7 Å². The van der Waals surface area contributed by atoms with Crippen LogP contribution in [0.1, 0.15) is 39.5 Å². The molecule has 0 bridgehead atoms. The molecule has 1 saturated carbocycles. The van der Waals surface area contributed by atoms with Gasteiger partial charge in [-0.15, -0.1) is 0 Å². The van der Waals surface area contributed by atoms with E-state index in [1.807, 2.05) is 0 Å². The Balaban J connectivity index is 2.08. The van der Waals surface area contributed by atoms with E-state index in [0.29, 0.717) is 12.1 Å². The summed E-state index contributed by atoms with van der Waals surface area (Å²) in [4.78, 5) is 2.12. The van der Waals surface area contributed by atoms with Crippen LogP contribution in [-0.4, -0.2) is 32.8 Å². The number of hydrogen-bond acceptors (Lipinski definition) is 3. The molecule has 21 heavy (non-hydrogen) atoms. The van der Waals surface area contributed by atoms with Crippen LogP contribution in [0.15, 0.2) is 24.3 Å². The third kappa shape index (κ3) is 4.37. The Bertz CT molecular complexity index is 433. The van der Waals surface area contributed by atoms with Gasteiger partial charge in [-0.2, -0.15) is 0 Å². The molecule has 3 nitrogen and oxygen atoms in total. The summed E-state index contributed by atoms with van der Waals surface area (Å²) in [6, 6.07) is 8.89. The maximum atomic E-state index is 6.35. The molecular weight excluding hydrogens is 260 g/mol. The molecule has 0 aromatic heterocycles. The fourth-order valence-electron chi connectivity index (χ4n) is 3.22. The maximum Gasteiger partial charge on any atom is 0.121 e. The first-order valence-corrected chi connectivity index (χ1v) is 8.31. The third-order valence-electron chi connectivity index (χ3n) is 4.57. The molecule has 0 spiro atoms. The van der Waals surface area contributed by atoms with Crippen molar-refractivity contribution in [3.05, 3.63) is 24.3 Å². The van der Waals surface area contributed by atoms with Gasteiger partial charge in [0.15, 0.2) is 0 Å². The second-order valence-corrected chi connectivity index (χ2v) is 6.30. The first-order valence-electron chi connectivity index (χ1n) is 8.31. The third-order valence-corrected chi connectivity index (χ3v) is 4.57. The van der Waals surface area contributed by atoms with Crippen LogP contribution >= 0.6 is 0 Å². The highest BCUT2D eigenvalue weighted by atomic mass is 16.5.